The highest BCUT2D eigenvalue weighted by Crippen LogP contribution is 2.18. The topological polar surface area (TPSA) is 386 Å². The second kappa shape index (κ2) is 34.6. The Labute approximate surface area is 459 Å². The van der Waals surface area contributed by atoms with Crippen molar-refractivity contribution >= 4 is 59.1 Å². The van der Waals surface area contributed by atoms with Gasteiger partial charge in [0.1, 0.15) is 54.4 Å². The largest absolute Gasteiger partial charge is 0.460 e. The standard InChI is InChI=1S/C54H92N12O12/c1-11-32(9)42-27-43(68)58-35(18-21-55)47(70)66-45(33(10)12-2)53(76)60-36(19-22-56)46(69)62-40(26-34-16-14-13-15-17-34)51(74)61-38(24-29(3)4)49(72)59-37(20-23-57)48(71)65-44(31(7)8)52(75)63-39(25-30(5)6)50(73)64-41(28-67)54(77)78-42/h13-17,29-33,35-42,44-45,67H,11-12,18-28,55-57H2,1-10H3,(H,58,68)(H,59,72)(H,60,76)(H,61,74)(H,62,69)(H,63,75)(H,64,73)(H,65,71)(H,66,70)/t32-,33-,35+,36+,37+,38+,39+,40-,41-,42+,44-,45+/m1/s1. The van der Waals surface area contributed by atoms with E-state index in [-0.39, 0.29) is 70.0 Å². The van der Waals surface area contributed by atoms with Crippen molar-refractivity contribution in [1.82, 2.24) is 47.9 Å². The van der Waals surface area contributed by atoms with Crippen molar-refractivity contribution in [2.24, 2.45) is 46.8 Å². The van der Waals surface area contributed by atoms with E-state index in [1.807, 2.05) is 13.8 Å². The van der Waals surface area contributed by atoms with Crippen molar-refractivity contribution in [2.45, 2.75) is 188 Å². The third-order valence-electron chi connectivity index (χ3n) is 13.6. The summed E-state index contributed by atoms with van der Waals surface area (Å²) in [5.74, 6) is -10.1. The molecule has 0 aliphatic carbocycles. The van der Waals surface area contributed by atoms with Crippen LogP contribution in [0.2, 0.25) is 0 Å². The van der Waals surface area contributed by atoms with Crippen LogP contribution in [0.15, 0.2) is 30.3 Å². The summed E-state index contributed by atoms with van der Waals surface area (Å²) < 4.78 is 5.78. The molecule has 2 rings (SSSR count). The van der Waals surface area contributed by atoms with E-state index in [1.54, 1.807) is 85.7 Å². The molecule has 0 saturated carbocycles. The third-order valence-corrected chi connectivity index (χ3v) is 13.6. The van der Waals surface area contributed by atoms with Crippen molar-refractivity contribution in [1.29, 1.82) is 0 Å². The number of carbonyl (C=O) groups is 10. The molecule has 24 nitrogen and oxygen atoms in total. The zero-order chi connectivity index (χ0) is 58.8. The fraction of sp³-hybridized carbons (Fsp3) is 0.704. The molecule has 24 heteroatoms. The summed E-state index contributed by atoms with van der Waals surface area (Å²) in [5.41, 5.74) is 18.5. The SMILES string of the molecule is CC[C@@H](C)[C@@H]1CC(=O)N[C@@H](CCN)C(=O)N[C@@H]([C@H](C)CC)C(=O)N[C@@H](CCN)C(=O)N[C@H](Cc2ccccc2)C(=O)N[C@@H](CC(C)C)C(=O)N[C@@H](CCN)C(=O)N[C@H](C(C)C)C(=O)N[C@@H](CC(C)C)C(=O)N[C@H](CO)C(=O)O1. The quantitative estimate of drug-likeness (QED) is 0.0767. The lowest BCUT2D eigenvalue weighted by Gasteiger charge is -2.30. The number of nitrogens with one attached hydrogen (secondary N) is 9. The van der Waals surface area contributed by atoms with Crippen LogP contribution >= 0.6 is 0 Å². The third kappa shape index (κ3) is 22.6. The van der Waals surface area contributed by atoms with Crippen molar-refractivity contribution in [3.8, 4) is 0 Å². The van der Waals surface area contributed by atoms with E-state index in [2.05, 4.69) is 47.9 Å². The Morgan fingerprint density at radius 2 is 0.872 bits per heavy atom. The van der Waals surface area contributed by atoms with Crippen molar-refractivity contribution < 1.29 is 57.8 Å². The normalized spacial score (nSPS) is 26.6. The predicted octanol–water partition coefficient (Wildman–Crippen LogP) is -1.21. The first-order chi connectivity index (χ1) is 36.8. The monoisotopic (exact) mass is 1100 g/mol. The van der Waals surface area contributed by atoms with Crippen LogP contribution in [0, 0.1) is 29.6 Å². The van der Waals surface area contributed by atoms with Gasteiger partial charge in [-0.05, 0) is 86.9 Å². The highest BCUT2D eigenvalue weighted by atomic mass is 16.5. The van der Waals surface area contributed by atoms with E-state index < -0.39 is 150 Å². The number of aliphatic hydroxyl groups excluding tert-OH is 1. The number of ether oxygens (including phenoxy) is 1. The lowest BCUT2D eigenvalue weighted by atomic mass is 9.96. The maximum Gasteiger partial charge on any atom is 0.331 e. The number of amides is 9. The van der Waals surface area contributed by atoms with E-state index in [4.69, 9.17) is 21.9 Å². The lowest BCUT2D eigenvalue weighted by molar-refractivity contribution is -0.158. The van der Waals surface area contributed by atoms with Crippen LogP contribution < -0.4 is 65.1 Å². The number of nitrogens with two attached hydrogens (primary N) is 3. The van der Waals surface area contributed by atoms with Crippen LogP contribution in [0.25, 0.3) is 0 Å². The van der Waals surface area contributed by atoms with Gasteiger partial charge in [-0.3, -0.25) is 43.2 Å². The summed E-state index contributed by atoms with van der Waals surface area (Å²) in [6, 6.07) is -3.27. The van der Waals surface area contributed by atoms with Gasteiger partial charge in [0.2, 0.25) is 53.2 Å². The van der Waals surface area contributed by atoms with E-state index in [9.17, 15) is 53.1 Å². The summed E-state index contributed by atoms with van der Waals surface area (Å²) in [6.07, 6.45) is -0.988. The number of rotatable bonds is 18. The first kappa shape index (κ1) is 67.9. The molecular formula is C54H92N12O12. The fourth-order valence-corrected chi connectivity index (χ4v) is 8.60. The van der Waals surface area contributed by atoms with Crippen LogP contribution in [-0.4, -0.2) is 151 Å². The minimum atomic E-state index is -1.65. The van der Waals surface area contributed by atoms with E-state index in [1.165, 1.54) is 0 Å². The second-order valence-corrected chi connectivity index (χ2v) is 21.5. The van der Waals surface area contributed by atoms with Gasteiger partial charge in [-0.1, -0.05) is 112 Å². The first-order valence-electron chi connectivity index (χ1n) is 27.5. The summed E-state index contributed by atoms with van der Waals surface area (Å²) in [7, 11) is 0. The molecule has 1 aromatic carbocycles. The van der Waals surface area contributed by atoms with Gasteiger partial charge in [-0.15, -0.1) is 0 Å². The summed E-state index contributed by atoms with van der Waals surface area (Å²) >= 11 is 0. The molecule has 0 bridgehead atoms. The van der Waals surface area contributed by atoms with E-state index in [0.717, 1.165) is 0 Å². The highest BCUT2D eigenvalue weighted by Gasteiger charge is 2.38. The molecule has 0 spiro atoms. The van der Waals surface area contributed by atoms with Gasteiger partial charge in [-0.25, -0.2) is 4.79 Å². The Morgan fingerprint density at radius 3 is 1.33 bits per heavy atom. The predicted molar refractivity (Wildman–Crippen MR) is 293 cm³/mol. The van der Waals surface area contributed by atoms with Gasteiger partial charge >= 0.3 is 5.97 Å². The molecule has 0 aromatic heterocycles. The Hall–Kier alpha value is -6.24. The average molecular weight is 1100 g/mol. The number of hydrogen-bond acceptors (Lipinski definition) is 15. The zero-order valence-electron chi connectivity index (χ0n) is 47.4. The molecule has 1 saturated heterocycles. The van der Waals surface area contributed by atoms with Crippen molar-refractivity contribution in [3.05, 3.63) is 35.9 Å². The molecule has 12 atom stereocenters. The number of benzene rings is 1. The van der Waals surface area contributed by atoms with E-state index in [0.29, 0.717) is 18.4 Å². The molecule has 1 fully saturated rings. The minimum Gasteiger partial charge on any atom is -0.460 e. The molecule has 0 unspecified atom stereocenters. The van der Waals surface area contributed by atoms with Crippen LogP contribution in [0.5, 0.6) is 0 Å². The zero-order valence-corrected chi connectivity index (χ0v) is 47.4. The van der Waals surface area contributed by atoms with Gasteiger partial charge in [0.15, 0.2) is 6.04 Å². The number of carbonyl (C=O) groups excluding carboxylic acids is 10. The Bertz CT molecular complexity index is 2130. The summed E-state index contributed by atoms with van der Waals surface area (Å²) in [4.78, 5) is 141. The molecule has 1 heterocycles. The Morgan fingerprint density at radius 1 is 0.487 bits per heavy atom. The number of aliphatic hydroxyl groups is 1. The van der Waals surface area contributed by atoms with Crippen LogP contribution in [0.3, 0.4) is 0 Å². The minimum absolute atomic E-state index is 0.0541. The lowest BCUT2D eigenvalue weighted by Crippen LogP contribution is -2.61. The average Bonchev–Trinajstić information content (AvgIpc) is 3.38. The van der Waals surface area contributed by atoms with Crippen LogP contribution in [-0.2, 0) is 59.1 Å². The van der Waals surface area contributed by atoms with Gasteiger partial charge in [0.25, 0.3) is 0 Å². The molecule has 1 aliphatic rings. The van der Waals surface area contributed by atoms with Crippen LogP contribution in [0.1, 0.15) is 126 Å². The maximum atomic E-state index is 14.5. The van der Waals surface area contributed by atoms with Crippen LogP contribution in [0.4, 0.5) is 0 Å². The van der Waals surface area contributed by atoms with Gasteiger partial charge in [0, 0.05) is 6.42 Å². The molecule has 1 aromatic rings. The van der Waals surface area contributed by atoms with Crippen molar-refractivity contribution in [3.63, 3.8) is 0 Å². The summed E-state index contributed by atoms with van der Waals surface area (Å²) in [5, 5.41) is 34.5. The molecule has 78 heavy (non-hydrogen) atoms. The second-order valence-electron chi connectivity index (χ2n) is 21.5. The molecule has 440 valence electrons. The highest BCUT2D eigenvalue weighted by molar-refractivity contribution is 5.98. The Balaban J connectivity index is 2.82. The molecule has 0 radical (unpaired) electrons. The van der Waals surface area contributed by atoms with Crippen molar-refractivity contribution in [2.75, 3.05) is 26.2 Å². The van der Waals surface area contributed by atoms with E-state index >= 15 is 0 Å². The summed E-state index contributed by atoms with van der Waals surface area (Å²) in [6.45, 7) is 16.4. The first-order valence-corrected chi connectivity index (χ1v) is 27.5. The number of esters is 1. The van der Waals surface area contributed by atoms with Gasteiger partial charge < -0.3 is 74.9 Å². The molecule has 9 amide bonds. The molecule has 16 N–H and O–H groups in total. The van der Waals surface area contributed by atoms with Gasteiger partial charge in [-0.2, -0.15) is 0 Å². The smallest absolute Gasteiger partial charge is 0.331 e. The van der Waals surface area contributed by atoms with Gasteiger partial charge in [0.05, 0.1) is 13.0 Å². The Kier molecular flexibility index (Phi) is 30.1. The fourth-order valence-electron chi connectivity index (χ4n) is 8.60. The molecular weight excluding hydrogens is 1010 g/mol. The number of cyclic esters (lactones) is 1. The number of hydrogen-bond donors (Lipinski definition) is 13. The molecule has 1 aliphatic heterocycles. The maximum absolute atomic E-state index is 14.5.